The number of benzene rings is 1. The molecule has 1 saturated carbocycles. The summed E-state index contributed by atoms with van der Waals surface area (Å²) >= 11 is 0. The first-order chi connectivity index (χ1) is 11.8. The fourth-order valence-electron chi connectivity index (χ4n) is 3.08. The van der Waals surface area contributed by atoms with E-state index in [1.54, 1.807) is 0 Å². The molecule has 4 amide bonds. The summed E-state index contributed by atoms with van der Waals surface area (Å²) in [5.74, 6) is -1.03. The Hall–Kier alpha value is -2.48. The molecule has 4 N–H and O–H groups in total. The molecule has 1 aromatic carbocycles. The first kappa shape index (κ1) is 17.3. The van der Waals surface area contributed by atoms with Crippen LogP contribution >= 0.6 is 0 Å². The number of carbonyl (C=O) groups excluding carboxylic acids is 3. The second-order valence-electron chi connectivity index (χ2n) is 6.70. The monoisotopic (exact) mass is 348 g/mol. The van der Waals surface area contributed by atoms with Crippen molar-refractivity contribution < 1.29 is 18.8 Å². The standard InChI is InChI=1S/C17H21FN4O3/c1-17(11-4-6-12(18)7-5-11)15(24)22(16(25)21-17)9-14(23)20-13(8-19)10-2-3-10/h4-7,10,13H,2-3,8-9,19H2,1H3,(H,20,23)(H,21,25). The van der Waals surface area contributed by atoms with E-state index in [9.17, 15) is 18.8 Å². The zero-order chi connectivity index (χ0) is 18.2. The maximum Gasteiger partial charge on any atom is 0.325 e. The third kappa shape index (κ3) is 3.34. The van der Waals surface area contributed by atoms with Crippen LogP contribution in [0.5, 0.6) is 0 Å². The van der Waals surface area contributed by atoms with Crippen molar-refractivity contribution in [1.82, 2.24) is 15.5 Å². The number of carbonyl (C=O) groups is 3. The van der Waals surface area contributed by atoms with Gasteiger partial charge in [0.25, 0.3) is 5.91 Å². The van der Waals surface area contributed by atoms with Crippen LogP contribution in [0.3, 0.4) is 0 Å². The Morgan fingerprint density at radius 2 is 2.04 bits per heavy atom. The average Bonchev–Trinajstić information content (AvgIpc) is 3.39. The molecule has 25 heavy (non-hydrogen) atoms. The zero-order valence-corrected chi connectivity index (χ0v) is 13.9. The van der Waals surface area contributed by atoms with Gasteiger partial charge in [-0.3, -0.25) is 14.5 Å². The van der Waals surface area contributed by atoms with Crippen molar-refractivity contribution in [1.29, 1.82) is 0 Å². The summed E-state index contributed by atoms with van der Waals surface area (Å²) in [6, 6.07) is 4.54. The van der Waals surface area contributed by atoms with Gasteiger partial charge in [-0.1, -0.05) is 12.1 Å². The van der Waals surface area contributed by atoms with Gasteiger partial charge in [0, 0.05) is 12.6 Å². The first-order valence-corrected chi connectivity index (χ1v) is 8.24. The summed E-state index contributed by atoms with van der Waals surface area (Å²) in [6.45, 7) is 1.49. The van der Waals surface area contributed by atoms with E-state index in [1.165, 1.54) is 31.2 Å². The van der Waals surface area contributed by atoms with Crippen molar-refractivity contribution in [3.8, 4) is 0 Å². The van der Waals surface area contributed by atoms with Gasteiger partial charge in [0.05, 0.1) is 0 Å². The van der Waals surface area contributed by atoms with Gasteiger partial charge >= 0.3 is 6.03 Å². The number of hydrogen-bond donors (Lipinski definition) is 3. The van der Waals surface area contributed by atoms with Crippen LogP contribution in [0.2, 0.25) is 0 Å². The summed E-state index contributed by atoms with van der Waals surface area (Å²) < 4.78 is 13.1. The van der Waals surface area contributed by atoms with Crippen molar-refractivity contribution in [3.05, 3.63) is 35.6 Å². The Kier molecular flexibility index (Phi) is 4.47. The molecule has 2 atom stereocenters. The lowest BCUT2D eigenvalue weighted by Gasteiger charge is -2.22. The highest BCUT2D eigenvalue weighted by atomic mass is 19.1. The third-order valence-corrected chi connectivity index (χ3v) is 4.79. The van der Waals surface area contributed by atoms with Gasteiger partial charge in [-0.05, 0) is 43.4 Å². The summed E-state index contributed by atoms with van der Waals surface area (Å²) in [4.78, 5) is 38.0. The molecule has 2 aliphatic rings. The summed E-state index contributed by atoms with van der Waals surface area (Å²) in [5, 5.41) is 5.37. The van der Waals surface area contributed by atoms with Crippen molar-refractivity contribution in [3.63, 3.8) is 0 Å². The molecule has 2 fully saturated rings. The van der Waals surface area contributed by atoms with Gasteiger partial charge in [0.2, 0.25) is 5.91 Å². The highest BCUT2D eigenvalue weighted by molar-refractivity contribution is 6.09. The van der Waals surface area contributed by atoms with Crippen LogP contribution in [0.1, 0.15) is 25.3 Å². The van der Waals surface area contributed by atoms with Crippen molar-refractivity contribution in [2.45, 2.75) is 31.3 Å². The Bertz CT molecular complexity index is 704. The van der Waals surface area contributed by atoms with Gasteiger partial charge in [0.15, 0.2) is 0 Å². The van der Waals surface area contributed by atoms with Gasteiger partial charge in [0.1, 0.15) is 17.9 Å². The number of amides is 4. The molecule has 0 radical (unpaired) electrons. The SMILES string of the molecule is CC1(c2ccc(F)cc2)NC(=O)N(CC(=O)NC(CN)C2CC2)C1=O. The second-order valence-corrected chi connectivity index (χ2v) is 6.70. The Morgan fingerprint density at radius 1 is 1.40 bits per heavy atom. The maximum absolute atomic E-state index is 13.1. The Morgan fingerprint density at radius 3 is 2.60 bits per heavy atom. The van der Waals surface area contributed by atoms with Crippen LogP contribution in [0.25, 0.3) is 0 Å². The largest absolute Gasteiger partial charge is 0.350 e. The molecule has 1 saturated heterocycles. The lowest BCUT2D eigenvalue weighted by molar-refractivity contribution is -0.135. The minimum atomic E-state index is -1.32. The van der Waals surface area contributed by atoms with Crippen molar-refractivity contribution in [2.24, 2.45) is 11.7 Å². The Balaban J connectivity index is 1.70. The third-order valence-electron chi connectivity index (χ3n) is 4.79. The smallest absolute Gasteiger partial charge is 0.325 e. The van der Waals surface area contributed by atoms with Gasteiger partial charge in [-0.15, -0.1) is 0 Å². The van der Waals surface area contributed by atoms with Crippen molar-refractivity contribution in [2.75, 3.05) is 13.1 Å². The highest BCUT2D eigenvalue weighted by Crippen LogP contribution is 2.32. The topological polar surface area (TPSA) is 105 Å². The van der Waals surface area contributed by atoms with E-state index in [4.69, 9.17) is 5.73 Å². The average molecular weight is 348 g/mol. The minimum Gasteiger partial charge on any atom is -0.350 e. The van der Waals surface area contributed by atoms with Gasteiger partial charge in [-0.25, -0.2) is 9.18 Å². The second kappa shape index (κ2) is 6.44. The van der Waals surface area contributed by atoms with Crippen LogP contribution in [-0.4, -0.2) is 41.9 Å². The molecule has 0 bridgehead atoms. The van der Waals surface area contributed by atoms with Crippen LogP contribution in [0.15, 0.2) is 24.3 Å². The molecule has 3 rings (SSSR count). The number of hydrogen-bond acceptors (Lipinski definition) is 4. The number of rotatable bonds is 6. The quantitative estimate of drug-likeness (QED) is 0.649. The zero-order valence-electron chi connectivity index (χ0n) is 13.9. The molecule has 7 nitrogen and oxygen atoms in total. The molecule has 1 heterocycles. The van der Waals surface area contributed by atoms with Crippen LogP contribution < -0.4 is 16.4 Å². The Labute approximate surface area is 144 Å². The van der Waals surface area contributed by atoms with Crippen LogP contribution in [0, 0.1) is 11.7 Å². The van der Waals surface area contributed by atoms with E-state index in [2.05, 4.69) is 10.6 Å². The molecule has 1 aromatic rings. The number of nitrogens with one attached hydrogen (secondary N) is 2. The highest BCUT2D eigenvalue weighted by Gasteiger charge is 2.49. The normalized spacial score (nSPS) is 24.2. The van der Waals surface area contributed by atoms with E-state index < -0.39 is 29.2 Å². The number of halogens is 1. The molecular formula is C17H21FN4O3. The maximum atomic E-state index is 13.1. The molecular weight excluding hydrogens is 327 g/mol. The number of nitrogens with two attached hydrogens (primary N) is 1. The van der Waals surface area contributed by atoms with Gasteiger partial charge < -0.3 is 16.4 Å². The molecule has 0 spiro atoms. The number of imide groups is 1. The van der Waals surface area contributed by atoms with Crippen LogP contribution in [0.4, 0.5) is 9.18 Å². The number of nitrogens with zero attached hydrogens (tertiary/aromatic N) is 1. The molecule has 2 unspecified atom stereocenters. The van der Waals surface area contributed by atoms with E-state index in [1.807, 2.05) is 0 Å². The summed E-state index contributed by atoms with van der Waals surface area (Å²) in [5.41, 5.74) is 4.78. The first-order valence-electron chi connectivity index (χ1n) is 8.24. The molecule has 134 valence electrons. The fraction of sp³-hybridized carbons (Fsp3) is 0.471. The van der Waals surface area contributed by atoms with E-state index in [0.717, 1.165) is 17.7 Å². The van der Waals surface area contributed by atoms with E-state index in [-0.39, 0.29) is 12.6 Å². The van der Waals surface area contributed by atoms with Gasteiger partial charge in [-0.2, -0.15) is 0 Å². The minimum absolute atomic E-state index is 0.128. The molecule has 1 aliphatic carbocycles. The molecule has 0 aromatic heterocycles. The lowest BCUT2D eigenvalue weighted by atomic mass is 9.92. The van der Waals surface area contributed by atoms with E-state index in [0.29, 0.717) is 18.0 Å². The predicted octanol–water partition coefficient (Wildman–Crippen LogP) is 0.446. The van der Waals surface area contributed by atoms with Crippen LogP contribution in [-0.2, 0) is 15.1 Å². The summed E-state index contributed by atoms with van der Waals surface area (Å²) in [7, 11) is 0. The summed E-state index contributed by atoms with van der Waals surface area (Å²) in [6.07, 6.45) is 2.04. The lowest BCUT2D eigenvalue weighted by Crippen LogP contribution is -2.48. The number of urea groups is 1. The molecule has 1 aliphatic heterocycles. The van der Waals surface area contributed by atoms with Crippen molar-refractivity contribution >= 4 is 17.8 Å². The molecule has 8 heteroatoms. The predicted molar refractivity (Wildman–Crippen MR) is 87.7 cm³/mol. The van der Waals surface area contributed by atoms with E-state index >= 15 is 0 Å². The fourth-order valence-corrected chi connectivity index (χ4v) is 3.08.